The van der Waals surface area contributed by atoms with Gasteiger partial charge in [-0.15, -0.1) is 21.5 Å². The number of thiophene rings is 1. The van der Waals surface area contributed by atoms with Crippen LogP contribution >= 0.6 is 22.9 Å². The summed E-state index contributed by atoms with van der Waals surface area (Å²) in [7, 11) is 0. The lowest BCUT2D eigenvalue weighted by molar-refractivity contribution is -0.127. The molecule has 1 unspecified atom stereocenters. The van der Waals surface area contributed by atoms with Crippen molar-refractivity contribution in [3.05, 3.63) is 62.5 Å². The zero-order valence-electron chi connectivity index (χ0n) is 27.7. The van der Waals surface area contributed by atoms with E-state index in [4.69, 9.17) is 30.8 Å². The summed E-state index contributed by atoms with van der Waals surface area (Å²) in [5, 5.41) is 16.3. The van der Waals surface area contributed by atoms with Gasteiger partial charge in [-0.05, 0) is 50.8 Å². The van der Waals surface area contributed by atoms with Gasteiger partial charge in [-0.2, -0.15) is 0 Å². The number of nitrogens with one attached hydrogen (secondary N) is 2. The fourth-order valence-electron chi connectivity index (χ4n) is 4.75. The van der Waals surface area contributed by atoms with Gasteiger partial charge in [0.1, 0.15) is 23.5 Å². The highest BCUT2D eigenvalue weighted by Gasteiger charge is 2.32. The number of carbonyl (C=O) groups is 2. The Labute approximate surface area is 280 Å². The van der Waals surface area contributed by atoms with Crippen LogP contribution in [0.1, 0.15) is 73.4 Å². The van der Waals surface area contributed by atoms with E-state index in [9.17, 15) is 9.59 Å². The highest BCUT2D eigenvalue weighted by atomic mass is 35.5. The van der Waals surface area contributed by atoms with Gasteiger partial charge < -0.3 is 24.8 Å². The van der Waals surface area contributed by atoms with Crippen molar-refractivity contribution in [3.8, 4) is 5.00 Å². The summed E-state index contributed by atoms with van der Waals surface area (Å²) in [6.07, 6.45) is 0.110. The van der Waals surface area contributed by atoms with Crippen LogP contribution < -0.4 is 10.6 Å². The summed E-state index contributed by atoms with van der Waals surface area (Å²) < 4.78 is 18.5. The molecule has 2 atom stereocenters. The van der Waals surface area contributed by atoms with E-state index in [1.165, 1.54) is 4.88 Å². The Bertz CT molecular complexity index is 1530. The molecule has 1 aliphatic rings. The third-order valence-corrected chi connectivity index (χ3v) is 9.40. The molecule has 3 aromatic rings. The van der Waals surface area contributed by atoms with Crippen molar-refractivity contribution < 1.29 is 23.8 Å². The lowest BCUT2D eigenvalue weighted by Gasteiger charge is -2.28. The highest BCUT2D eigenvalue weighted by molar-refractivity contribution is 7.15. The van der Waals surface area contributed by atoms with Crippen LogP contribution in [0, 0.1) is 26.2 Å². The zero-order valence-corrected chi connectivity index (χ0v) is 29.3. The van der Waals surface area contributed by atoms with E-state index in [2.05, 4.69) is 55.4 Å². The maximum atomic E-state index is 13.1. The summed E-state index contributed by atoms with van der Waals surface area (Å²) in [4.78, 5) is 31.4. The Morgan fingerprint density at radius 2 is 1.63 bits per heavy atom. The van der Waals surface area contributed by atoms with Gasteiger partial charge in [0.05, 0.1) is 45.2 Å². The fourth-order valence-corrected chi connectivity index (χ4v) is 6.09. The lowest BCUT2D eigenvalue weighted by atomic mass is 9.88. The predicted octanol–water partition coefficient (Wildman–Crippen LogP) is 4.91. The monoisotopic (exact) mass is 672 g/mol. The minimum atomic E-state index is -0.532. The molecular formula is C33H45ClN6O5S. The van der Waals surface area contributed by atoms with E-state index in [1.54, 1.807) is 11.3 Å². The zero-order chi connectivity index (χ0) is 33.4. The SMILES string of the molecule is Cc1sc2c(c1C)C(c1ccc(Cl)cc1)=N[C@@H](CC(=O)NCCOCCOCCOCC(=O)NC(C)C(C)(C)C)c1nnc(C)n1-2. The Morgan fingerprint density at radius 1 is 0.978 bits per heavy atom. The van der Waals surface area contributed by atoms with E-state index in [1.807, 2.05) is 42.7 Å². The molecule has 250 valence electrons. The average Bonchev–Trinajstić information content (AvgIpc) is 3.47. The minimum absolute atomic E-state index is 0.000750. The molecule has 0 aliphatic carbocycles. The third kappa shape index (κ3) is 9.22. The van der Waals surface area contributed by atoms with Crippen LogP contribution in [-0.2, 0) is 23.8 Å². The summed E-state index contributed by atoms with van der Waals surface area (Å²) in [5.41, 5.74) is 3.88. The molecule has 2 N–H and O–H groups in total. The molecule has 0 saturated carbocycles. The van der Waals surface area contributed by atoms with Gasteiger partial charge in [0.25, 0.3) is 0 Å². The number of amides is 2. The Hall–Kier alpha value is -3.16. The number of aliphatic imine (C=N–C) groups is 1. The standard InChI is InChI=1S/C33H45ClN6O5S/c1-20-21(2)46-32-29(20)30(24-8-10-25(34)11-9-24)37-26(31-39-38-23(4)40(31)32)18-27(41)35-12-13-43-14-15-44-16-17-45-19-28(42)36-22(3)33(5,6)7/h8-11,22,26H,12-19H2,1-7H3,(H,35,41)(H,36,42)/t22?,26-/m0/s1. The third-order valence-electron chi connectivity index (χ3n) is 7.96. The summed E-state index contributed by atoms with van der Waals surface area (Å²) in [5.74, 6) is 1.08. The van der Waals surface area contributed by atoms with Crippen LogP contribution in [0.25, 0.3) is 5.00 Å². The number of nitrogens with zero attached hydrogens (tertiary/aromatic N) is 4. The topological polar surface area (TPSA) is 129 Å². The molecule has 46 heavy (non-hydrogen) atoms. The second kappa shape index (κ2) is 16.1. The van der Waals surface area contributed by atoms with Crippen LogP contribution in [0.3, 0.4) is 0 Å². The number of halogens is 1. The molecule has 1 aliphatic heterocycles. The Morgan fingerprint density at radius 3 is 2.30 bits per heavy atom. The number of ether oxygens (including phenoxy) is 3. The number of benzene rings is 1. The summed E-state index contributed by atoms with van der Waals surface area (Å²) >= 11 is 7.86. The molecule has 13 heteroatoms. The smallest absolute Gasteiger partial charge is 0.246 e. The molecule has 0 bridgehead atoms. The van der Waals surface area contributed by atoms with Gasteiger partial charge in [0.15, 0.2) is 5.82 Å². The van der Waals surface area contributed by atoms with E-state index < -0.39 is 6.04 Å². The van der Waals surface area contributed by atoms with E-state index in [0.717, 1.165) is 33.2 Å². The van der Waals surface area contributed by atoms with Gasteiger partial charge in [-0.25, -0.2) is 0 Å². The summed E-state index contributed by atoms with van der Waals surface area (Å²) in [6, 6.07) is 7.12. The van der Waals surface area contributed by atoms with E-state index >= 15 is 0 Å². The van der Waals surface area contributed by atoms with Gasteiger partial charge in [0.2, 0.25) is 11.8 Å². The first-order chi connectivity index (χ1) is 21.9. The Balaban J connectivity index is 1.23. The van der Waals surface area contributed by atoms with Crippen LogP contribution in [0.4, 0.5) is 0 Å². The maximum Gasteiger partial charge on any atom is 0.246 e. The largest absolute Gasteiger partial charge is 0.377 e. The van der Waals surface area contributed by atoms with Gasteiger partial charge in [-0.3, -0.25) is 19.1 Å². The van der Waals surface area contributed by atoms with Crippen molar-refractivity contribution in [3.63, 3.8) is 0 Å². The molecule has 2 amide bonds. The fraction of sp³-hybridized carbons (Fsp3) is 0.545. The molecule has 0 fully saturated rings. The van der Waals surface area contributed by atoms with Crippen molar-refractivity contribution in [2.75, 3.05) is 46.2 Å². The van der Waals surface area contributed by atoms with E-state index in [-0.39, 0.29) is 36.3 Å². The highest BCUT2D eigenvalue weighted by Crippen LogP contribution is 2.39. The lowest BCUT2D eigenvalue weighted by Crippen LogP contribution is -2.43. The normalized spacial score (nSPS) is 15.0. The van der Waals surface area contributed by atoms with Crippen molar-refractivity contribution in [2.45, 2.75) is 67.0 Å². The molecule has 2 aromatic heterocycles. The van der Waals surface area contributed by atoms with Crippen molar-refractivity contribution in [2.24, 2.45) is 10.4 Å². The molecule has 3 heterocycles. The van der Waals surface area contributed by atoms with Gasteiger partial charge >= 0.3 is 0 Å². The quantitative estimate of drug-likeness (QED) is 0.220. The number of aromatic nitrogens is 3. The number of hydrogen-bond acceptors (Lipinski definition) is 9. The number of carbonyl (C=O) groups excluding carboxylic acids is 2. The molecule has 1 aromatic carbocycles. The molecular weight excluding hydrogens is 628 g/mol. The van der Waals surface area contributed by atoms with E-state index in [0.29, 0.717) is 50.4 Å². The second-order valence-corrected chi connectivity index (χ2v) is 14.0. The molecule has 0 radical (unpaired) electrons. The molecule has 4 rings (SSSR count). The van der Waals surface area contributed by atoms with Crippen LogP contribution in [0.5, 0.6) is 0 Å². The second-order valence-electron chi connectivity index (χ2n) is 12.4. The first-order valence-corrected chi connectivity index (χ1v) is 16.7. The first kappa shape index (κ1) is 35.7. The number of aryl methyl sites for hydroxylation is 2. The van der Waals surface area contributed by atoms with Crippen LogP contribution in [0.15, 0.2) is 29.3 Å². The average molecular weight is 673 g/mol. The van der Waals surface area contributed by atoms with Crippen LogP contribution in [-0.4, -0.2) is 84.5 Å². The minimum Gasteiger partial charge on any atom is -0.377 e. The number of hydrogen-bond donors (Lipinski definition) is 2. The maximum absolute atomic E-state index is 13.1. The number of fused-ring (bicyclic) bond motifs is 3. The van der Waals surface area contributed by atoms with Crippen LogP contribution in [0.2, 0.25) is 5.02 Å². The van der Waals surface area contributed by atoms with Crippen molar-refractivity contribution in [1.82, 2.24) is 25.4 Å². The van der Waals surface area contributed by atoms with Crippen molar-refractivity contribution in [1.29, 1.82) is 0 Å². The molecule has 11 nitrogen and oxygen atoms in total. The first-order valence-electron chi connectivity index (χ1n) is 15.5. The molecule has 0 saturated heterocycles. The summed E-state index contributed by atoms with van der Waals surface area (Å²) in [6.45, 7) is 16.4. The predicted molar refractivity (Wildman–Crippen MR) is 180 cm³/mol. The molecule has 0 spiro atoms. The van der Waals surface area contributed by atoms with Gasteiger partial charge in [-0.1, -0.05) is 44.5 Å². The van der Waals surface area contributed by atoms with Crippen molar-refractivity contribution >= 4 is 40.5 Å². The van der Waals surface area contributed by atoms with Gasteiger partial charge in [0, 0.05) is 33.6 Å². The number of rotatable bonds is 15. The Kier molecular flexibility index (Phi) is 12.5.